The van der Waals surface area contributed by atoms with Gasteiger partial charge < -0.3 is 5.32 Å². The smallest absolute Gasteiger partial charge is 0.150 e. The van der Waals surface area contributed by atoms with Gasteiger partial charge >= 0.3 is 0 Å². The molecule has 0 aliphatic carbocycles. The number of rotatable bonds is 13. The molecule has 0 saturated carbocycles. The number of allylic oxidation sites excluding steroid dienone is 6. The summed E-state index contributed by atoms with van der Waals surface area (Å²) >= 11 is 4.26. The second kappa shape index (κ2) is 13.9. The molecule has 0 amide bonds. The van der Waals surface area contributed by atoms with Crippen molar-refractivity contribution < 1.29 is 4.39 Å². The highest BCUT2D eigenvalue weighted by atomic mass is 32.1. The molecule has 0 aliphatic rings. The van der Waals surface area contributed by atoms with Crippen molar-refractivity contribution in [1.29, 1.82) is 0 Å². The molecule has 152 valence electrons. The quantitative estimate of drug-likeness (QED) is 0.254. The van der Waals surface area contributed by atoms with Gasteiger partial charge in [-0.15, -0.1) is 0 Å². The third kappa shape index (κ3) is 9.70. The van der Waals surface area contributed by atoms with Crippen molar-refractivity contribution in [1.82, 2.24) is 10.3 Å². The van der Waals surface area contributed by atoms with Crippen molar-refractivity contribution in [3.63, 3.8) is 0 Å². The van der Waals surface area contributed by atoms with Crippen LogP contribution < -0.4 is 5.32 Å². The molecule has 0 aliphatic heterocycles. The van der Waals surface area contributed by atoms with Crippen molar-refractivity contribution in [2.75, 3.05) is 12.8 Å². The Morgan fingerprint density at radius 3 is 2.79 bits per heavy atom. The van der Waals surface area contributed by atoms with Crippen LogP contribution in [0.1, 0.15) is 44.0 Å². The Hall–Kier alpha value is -2.14. The Bertz CT molecular complexity index is 723. The molecule has 5 heteroatoms. The monoisotopic (exact) mass is 401 g/mol. The van der Waals surface area contributed by atoms with Crippen molar-refractivity contribution in [2.24, 2.45) is 10.9 Å². The Morgan fingerprint density at radius 2 is 2.11 bits per heavy atom. The lowest BCUT2D eigenvalue weighted by molar-refractivity contribution is 0.590. The van der Waals surface area contributed by atoms with E-state index in [2.05, 4.69) is 59.3 Å². The molecule has 0 aromatic carbocycles. The molecule has 0 spiro atoms. The number of nitrogens with zero attached hydrogens (tertiary/aromatic N) is 2. The number of nitrogens with one attached hydrogen (secondary N) is 1. The summed E-state index contributed by atoms with van der Waals surface area (Å²) in [5, 5.41) is 3.31. The molecular formula is C23H32FN3S. The summed E-state index contributed by atoms with van der Waals surface area (Å²) in [7, 11) is 1.60. The average Bonchev–Trinajstić information content (AvgIpc) is 2.67. The highest BCUT2D eigenvalue weighted by Gasteiger charge is 2.10. The first-order valence-corrected chi connectivity index (χ1v) is 10.2. The van der Waals surface area contributed by atoms with Crippen molar-refractivity contribution in [2.45, 2.75) is 39.2 Å². The molecule has 0 saturated heterocycles. The maximum absolute atomic E-state index is 13.7. The Labute approximate surface area is 174 Å². The van der Waals surface area contributed by atoms with E-state index in [1.54, 1.807) is 13.1 Å². The van der Waals surface area contributed by atoms with E-state index in [0.717, 1.165) is 42.8 Å². The molecule has 1 aromatic rings. The average molecular weight is 402 g/mol. The maximum Gasteiger partial charge on any atom is 0.150 e. The van der Waals surface area contributed by atoms with Gasteiger partial charge in [-0.05, 0) is 56.4 Å². The summed E-state index contributed by atoms with van der Waals surface area (Å²) in [4.78, 5) is 8.12. The summed E-state index contributed by atoms with van der Waals surface area (Å²) in [5.74, 6) is 0.797. The molecule has 1 atom stereocenters. The van der Waals surface area contributed by atoms with E-state index in [9.17, 15) is 4.39 Å². The van der Waals surface area contributed by atoms with Gasteiger partial charge in [0, 0.05) is 19.0 Å². The van der Waals surface area contributed by atoms with Crippen LogP contribution in [0.15, 0.2) is 65.9 Å². The molecule has 1 unspecified atom stereocenters. The van der Waals surface area contributed by atoms with Crippen LogP contribution in [0.5, 0.6) is 0 Å². The number of aromatic nitrogens is 1. The van der Waals surface area contributed by atoms with Crippen LogP contribution in [0, 0.1) is 11.7 Å². The van der Waals surface area contributed by atoms with E-state index in [1.165, 1.54) is 17.9 Å². The van der Waals surface area contributed by atoms with Gasteiger partial charge in [-0.1, -0.05) is 43.0 Å². The minimum atomic E-state index is -0.373. The highest BCUT2D eigenvalue weighted by molar-refractivity contribution is 7.80. The fraction of sp³-hybridized carbons (Fsp3) is 0.391. The number of hydrogen-bond donors (Lipinski definition) is 2. The summed E-state index contributed by atoms with van der Waals surface area (Å²) in [6, 6.07) is 3.09. The third-order valence-corrected chi connectivity index (χ3v) is 4.37. The predicted octanol–water partition coefficient (Wildman–Crippen LogP) is 5.67. The first kappa shape index (κ1) is 23.9. The van der Waals surface area contributed by atoms with Crippen molar-refractivity contribution in [3.05, 3.63) is 78.1 Å². The standard InChI is InChI=1S/C23H32FN3S/c1-5-6-9-18(2)14-20(10-7-8-13-28)15-19(3)26-16-21-11-12-22(24)23(27-21)17-25-4/h5-7,10-12,17,20,26,28H,2-3,8-9,13-16H2,1,4H3/b6-5+,10-7+,25-17?. The zero-order valence-electron chi connectivity index (χ0n) is 17.0. The first-order chi connectivity index (χ1) is 13.5. The van der Waals surface area contributed by atoms with E-state index in [0.29, 0.717) is 12.5 Å². The minimum Gasteiger partial charge on any atom is -0.383 e. The van der Waals surface area contributed by atoms with Gasteiger partial charge in [0.15, 0.2) is 0 Å². The first-order valence-electron chi connectivity index (χ1n) is 9.54. The van der Waals surface area contributed by atoms with Gasteiger partial charge in [0.25, 0.3) is 0 Å². The van der Waals surface area contributed by atoms with Crippen LogP contribution in [0.4, 0.5) is 4.39 Å². The molecule has 28 heavy (non-hydrogen) atoms. The Balaban J connectivity index is 2.66. The maximum atomic E-state index is 13.7. The lowest BCUT2D eigenvalue weighted by Crippen LogP contribution is -2.16. The van der Waals surface area contributed by atoms with Gasteiger partial charge in [0.2, 0.25) is 0 Å². The SMILES string of the molecule is C=C(C/C=C/C)CC(/C=C/CCS)CC(=C)NCc1ccc(F)c(C=NC)n1. The van der Waals surface area contributed by atoms with E-state index in [1.807, 2.05) is 13.0 Å². The lowest BCUT2D eigenvalue weighted by Gasteiger charge is -2.17. The summed E-state index contributed by atoms with van der Waals surface area (Å²) in [6.45, 7) is 10.9. The summed E-state index contributed by atoms with van der Waals surface area (Å²) in [6.07, 6.45) is 13.6. The molecule has 0 fully saturated rings. The number of hydrogen-bond acceptors (Lipinski definition) is 4. The molecular weight excluding hydrogens is 369 g/mol. The van der Waals surface area contributed by atoms with E-state index in [-0.39, 0.29) is 11.5 Å². The van der Waals surface area contributed by atoms with E-state index >= 15 is 0 Å². The molecule has 1 aromatic heterocycles. The van der Waals surface area contributed by atoms with Crippen LogP contribution in [0.25, 0.3) is 0 Å². The second-order valence-corrected chi connectivity index (χ2v) is 7.09. The Morgan fingerprint density at radius 1 is 1.32 bits per heavy atom. The predicted molar refractivity (Wildman–Crippen MR) is 123 cm³/mol. The zero-order valence-corrected chi connectivity index (χ0v) is 17.9. The molecule has 1 rings (SSSR count). The fourth-order valence-electron chi connectivity index (χ4n) is 2.73. The van der Waals surface area contributed by atoms with Crippen LogP contribution in [0.3, 0.4) is 0 Å². The number of aliphatic imine (C=N–C) groups is 1. The van der Waals surface area contributed by atoms with Gasteiger partial charge in [0.05, 0.1) is 12.2 Å². The largest absolute Gasteiger partial charge is 0.383 e. The normalized spacial score (nSPS) is 12.9. The molecule has 1 N–H and O–H groups in total. The van der Waals surface area contributed by atoms with Crippen LogP contribution >= 0.6 is 12.6 Å². The molecule has 1 heterocycles. The van der Waals surface area contributed by atoms with Gasteiger partial charge in [-0.2, -0.15) is 12.6 Å². The van der Waals surface area contributed by atoms with Crippen molar-refractivity contribution in [3.8, 4) is 0 Å². The van der Waals surface area contributed by atoms with E-state index < -0.39 is 0 Å². The van der Waals surface area contributed by atoms with Crippen LogP contribution in [-0.4, -0.2) is 24.0 Å². The zero-order chi connectivity index (χ0) is 20.8. The summed E-state index contributed by atoms with van der Waals surface area (Å²) < 4.78 is 13.7. The number of pyridine rings is 1. The molecule has 3 nitrogen and oxygen atoms in total. The van der Waals surface area contributed by atoms with E-state index in [4.69, 9.17) is 0 Å². The topological polar surface area (TPSA) is 37.3 Å². The number of halogens is 1. The fourth-order valence-corrected chi connectivity index (χ4v) is 2.87. The Kier molecular flexibility index (Phi) is 11.9. The van der Waals surface area contributed by atoms with Gasteiger partial charge in [0.1, 0.15) is 11.5 Å². The third-order valence-electron chi connectivity index (χ3n) is 4.11. The van der Waals surface area contributed by atoms with Crippen LogP contribution in [0.2, 0.25) is 0 Å². The molecule has 0 bridgehead atoms. The lowest BCUT2D eigenvalue weighted by atomic mass is 9.93. The molecule has 0 radical (unpaired) electrons. The second-order valence-electron chi connectivity index (χ2n) is 6.65. The highest BCUT2D eigenvalue weighted by Crippen LogP contribution is 2.21. The number of thiol groups is 1. The minimum absolute atomic E-state index is 0.250. The van der Waals surface area contributed by atoms with Crippen molar-refractivity contribution >= 4 is 18.8 Å². The van der Waals surface area contributed by atoms with Gasteiger partial charge in [-0.3, -0.25) is 4.99 Å². The van der Waals surface area contributed by atoms with Gasteiger partial charge in [-0.25, -0.2) is 9.37 Å². The summed E-state index contributed by atoms with van der Waals surface area (Å²) in [5.41, 5.74) is 3.13. The van der Waals surface area contributed by atoms with Crippen LogP contribution in [-0.2, 0) is 6.54 Å².